The summed E-state index contributed by atoms with van der Waals surface area (Å²) in [7, 11) is 0. The molecule has 2 aromatic carbocycles. The first-order chi connectivity index (χ1) is 12.1. The number of esters is 1. The van der Waals surface area contributed by atoms with Crippen LogP contribution in [0.4, 0.5) is 0 Å². The summed E-state index contributed by atoms with van der Waals surface area (Å²) < 4.78 is 5.21. The van der Waals surface area contributed by atoms with Gasteiger partial charge in [0.1, 0.15) is 0 Å². The van der Waals surface area contributed by atoms with Crippen LogP contribution in [-0.2, 0) is 27.2 Å². The largest absolute Gasteiger partial charge is 0.466 e. The topological polar surface area (TPSA) is 43.4 Å². The zero-order chi connectivity index (χ0) is 18.1. The number of halogens is 1. The Hall–Kier alpha value is -2.13. The lowest BCUT2D eigenvalue weighted by atomic mass is 9.86. The molecule has 0 N–H and O–H groups in total. The van der Waals surface area contributed by atoms with Crippen molar-refractivity contribution in [1.82, 2.24) is 0 Å². The third-order valence-electron chi connectivity index (χ3n) is 4.16. The lowest BCUT2D eigenvalue weighted by Crippen LogP contribution is -2.26. The molecule has 0 bridgehead atoms. The fourth-order valence-electron chi connectivity index (χ4n) is 2.92. The van der Waals surface area contributed by atoms with Gasteiger partial charge in [0.25, 0.3) is 0 Å². The summed E-state index contributed by atoms with van der Waals surface area (Å²) in [6, 6.07) is 19.5. The lowest BCUT2D eigenvalue weighted by molar-refractivity contribution is -0.148. The van der Waals surface area contributed by atoms with Gasteiger partial charge in [-0.15, -0.1) is 0 Å². The van der Waals surface area contributed by atoms with Crippen molar-refractivity contribution in [3.05, 3.63) is 71.8 Å². The molecule has 2 aromatic rings. The number of hydrogen-bond donors (Lipinski definition) is 0. The molecule has 0 spiro atoms. The third kappa shape index (κ3) is 6.35. The van der Waals surface area contributed by atoms with E-state index in [2.05, 4.69) is 0 Å². The standard InChI is InChI=1S/C21H23ClO3/c1-2-25-21(24)19(14-17-11-7-4-8-12-17)15-18(20(22)23)13-16-9-5-3-6-10-16/h3-12,18-19H,2,13-15H2,1H3/t18-,19-/m0/s1. The molecule has 0 unspecified atom stereocenters. The van der Waals surface area contributed by atoms with Crippen LogP contribution >= 0.6 is 11.6 Å². The molecule has 0 amide bonds. The Morgan fingerprint density at radius 1 is 0.880 bits per heavy atom. The van der Waals surface area contributed by atoms with Crippen molar-refractivity contribution in [2.75, 3.05) is 6.61 Å². The van der Waals surface area contributed by atoms with Crippen LogP contribution in [0.3, 0.4) is 0 Å². The van der Waals surface area contributed by atoms with E-state index in [1.165, 1.54) is 0 Å². The highest BCUT2D eigenvalue weighted by atomic mass is 35.5. The number of carbonyl (C=O) groups is 2. The minimum absolute atomic E-state index is 0.276. The van der Waals surface area contributed by atoms with Gasteiger partial charge in [0.05, 0.1) is 12.5 Å². The molecule has 132 valence electrons. The van der Waals surface area contributed by atoms with E-state index in [4.69, 9.17) is 16.3 Å². The van der Waals surface area contributed by atoms with Crippen molar-refractivity contribution in [3.8, 4) is 0 Å². The van der Waals surface area contributed by atoms with Crippen molar-refractivity contribution < 1.29 is 14.3 Å². The Balaban J connectivity index is 2.13. The third-order valence-corrected chi connectivity index (χ3v) is 4.47. The molecule has 0 saturated heterocycles. The van der Waals surface area contributed by atoms with Gasteiger partial charge in [0.2, 0.25) is 5.24 Å². The van der Waals surface area contributed by atoms with E-state index in [0.717, 1.165) is 11.1 Å². The van der Waals surface area contributed by atoms with Crippen LogP contribution in [0, 0.1) is 11.8 Å². The minimum atomic E-state index is -0.415. The van der Waals surface area contributed by atoms with Crippen molar-refractivity contribution in [2.24, 2.45) is 11.8 Å². The number of carbonyl (C=O) groups excluding carboxylic acids is 2. The number of benzene rings is 2. The Morgan fingerprint density at radius 3 is 1.80 bits per heavy atom. The van der Waals surface area contributed by atoms with Crippen LogP contribution in [0.2, 0.25) is 0 Å². The van der Waals surface area contributed by atoms with E-state index < -0.39 is 17.1 Å². The summed E-state index contributed by atoms with van der Waals surface area (Å²) in [4.78, 5) is 24.3. The first kappa shape index (κ1) is 19.2. The van der Waals surface area contributed by atoms with Crippen LogP contribution in [0.25, 0.3) is 0 Å². The predicted octanol–water partition coefficient (Wildman–Crippen LogP) is 4.42. The van der Waals surface area contributed by atoms with E-state index in [0.29, 0.717) is 25.9 Å². The summed E-state index contributed by atoms with van der Waals surface area (Å²) >= 11 is 5.83. The van der Waals surface area contributed by atoms with Crippen molar-refractivity contribution >= 4 is 22.8 Å². The van der Waals surface area contributed by atoms with Crippen molar-refractivity contribution in [3.63, 3.8) is 0 Å². The Bertz CT molecular complexity index is 670. The van der Waals surface area contributed by atoms with Crippen LogP contribution < -0.4 is 0 Å². The van der Waals surface area contributed by atoms with E-state index >= 15 is 0 Å². The first-order valence-electron chi connectivity index (χ1n) is 8.54. The van der Waals surface area contributed by atoms with E-state index in [1.807, 2.05) is 60.7 Å². The van der Waals surface area contributed by atoms with Crippen molar-refractivity contribution in [2.45, 2.75) is 26.2 Å². The highest BCUT2D eigenvalue weighted by molar-refractivity contribution is 6.64. The van der Waals surface area contributed by atoms with Gasteiger partial charge in [-0.05, 0) is 48.9 Å². The molecular formula is C21H23ClO3. The molecule has 0 aliphatic rings. The number of hydrogen-bond acceptors (Lipinski definition) is 3. The molecule has 2 atom stereocenters. The normalized spacial score (nSPS) is 13.0. The van der Waals surface area contributed by atoms with Gasteiger partial charge in [0.15, 0.2) is 0 Å². The van der Waals surface area contributed by atoms with Crippen molar-refractivity contribution in [1.29, 1.82) is 0 Å². The second kappa shape index (κ2) is 10.00. The molecule has 0 aliphatic heterocycles. The van der Waals surface area contributed by atoms with Gasteiger partial charge < -0.3 is 4.74 Å². The van der Waals surface area contributed by atoms with E-state index in [9.17, 15) is 9.59 Å². The lowest BCUT2D eigenvalue weighted by Gasteiger charge is -2.20. The molecule has 2 rings (SSSR count). The molecule has 0 aromatic heterocycles. The Labute approximate surface area is 154 Å². The highest BCUT2D eigenvalue weighted by Crippen LogP contribution is 2.24. The van der Waals surface area contributed by atoms with Crippen LogP contribution in [0.5, 0.6) is 0 Å². The van der Waals surface area contributed by atoms with E-state index in [1.54, 1.807) is 6.92 Å². The predicted molar refractivity (Wildman–Crippen MR) is 99.4 cm³/mol. The summed E-state index contributed by atoms with van der Waals surface area (Å²) in [6.07, 6.45) is 1.44. The Morgan fingerprint density at radius 2 is 1.36 bits per heavy atom. The number of ether oxygens (including phenoxy) is 1. The summed E-state index contributed by atoms with van der Waals surface area (Å²) in [6.45, 7) is 2.11. The van der Waals surface area contributed by atoms with Gasteiger partial charge in [0, 0.05) is 5.92 Å². The molecule has 0 fully saturated rings. The van der Waals surface area contributed by atoms with Gasteiger partial charge in [-0.3, -0.25) is 9.59 Å². The monoisotopic (exact) mass is 358 g/mol. The second-order valence-corrected chi connectivity index (χ2v) is 6.44. The van der Waals surface area contributed by atoms with Crippen LogP contribution in [0.1, 0.15) is 24.5 Å². The molecule has 4 heteroatoms. The zero-order valence-electron chi connectivity index (χ0n) is 14.4. The SMILES string of the molecule is CCOC(=O)[C@@H](Cc1ccccc1)C[C@H](Cc1ccccc1)C(=O)Cl. The summed E-state index contributed by atoms with van der Waals surface area (Å²) in [5.74, 6) is -1.08. The summed E-state index contributed by atoms with van der Waals surface area (Å²) in [5.41, 5.74) is 2.07. The zero-order valence-corrected chi connectivity index (χ0v) is 15.1. The van der Waals surface area contributed by atoms with Gasteiger partial charge in [-0.2, -0.15) is 0 Å². The van der Waals surface area contributed by atoms with Crippen LogP contribution in [0.15, 0.2) is 60.7 Å². The average Bonchev–Trinajstić information content (AvgIpc) is 2.62. The quantitative estimate of drug-likeness (QED) is 0.492. The molecule has 0 aliphatic carbocycles. The minimum Gasteiger partial charge on any atom is -0.466 e. The van der Waals surface area contributed by atoms with Crippen LogP contribution in [-0.4, -0.2) is 17.8 Å². The molecule has 0 heterocycles. The molecule has 0 radical (unpaired) electrons. The maximum absolute atomic E-state index is 12.4. The van der Waals surface area contributed by atoms with Gasteiger partial charge >= 0.3 is 5.97 Å². The highest BCUT2D eigenvalue weighted by Gasteiger charge is 2.28. The van der Waals surface area contributed by atoms with Gasteiger partial charge in [-0.25, -0.2) is 0 Å². The number of rotatable bonds is 9. The fraction of sp³-hybridized carbons (Fsp3) is 0.333. The molecule has 0 saturated carbocycles. The maximum Gasteiger partial charge on any atom is 0.309 e. The first-order valence-corrected chi connectivity index (χ1v) is 8.91. The smallest absolute Gasteiger partial charge is 0.309 e. The Kier molecular flexibility index (Phi) is 7.68. The van der Waals surface area contributed by atoms with Gasteiger partial charge in [-0.1, -0.05) is 60.7 Å². The molecular weight excluding hydrogens is 336 g/mol. The summed E-state index contributed by atoms with van der Waals surface area (Å²) in [5, 5.41) is -0.411. The maximum atomic E-state index is 12.4. The molecule has 3 nitrogen and oxygen atoms in total. The fourth-order valence-corrected chi connectivity index (χ4v) is 3.09. The van der Waals surface area contributed by atoms with E-state index in [-0.39, 0.29) is 5.97 Å². The molecule has 25 heavy (non-hydrogen) atoms. The second-order valence-electron chi connectivity index (χ2n) is 6.07. The average molecular weight is 359 g/mol.